The summed E-state index contributed by atoms with van der Waals surface area (Å²) in [7, 11) is 1.76. The Kier molecular flexibility index (Phi) is 5.62. The van der Waals surface area contributed by atoms with Crippen LogP contribution in [0, 0.1) is 12.8 Å². The molecule has 1 N–H and O–H groups in total. The minimum absolute atomic E-state index is 0.0848. The van der Waals surface area contributed by atoms with Crippen LogP contribution in [0.1, 0.15) is 37.1 Å². The van der Waals surface area contributed by atoms with E-state index >= 15 is 0 Å². The molecule has 2 heterocycles. The van der Waals surface area contributed by atoms with Crippen LogP contribution in [0.2, 0.25) is 0 Å². The summed E-state index contributed by atoms with van der Waals surface area (Å²) in [5.74, 6) is 0.620. The summed E-state index contributed by atoms with van der Waals surface area (Å²) in [5, 5.41) is 4.40. The average molecular weight is 338 g/mol. The number of aliphatic imine (C=N–C) groups is 1. The van der Waals surface area contributed by atoms with Gasteiger partial charge in [0.15, 0.2) is 5.96 Å². The van der Waals surface area contributed by atoms with E-state index < -0.39 is 5.60 Å². The maximum absolute atomic E-state index is 12.2. The fraction of sp³-hybridized carbons (Fsp3) is 0.688. The number of nitrogens with one attached hydrogen (secondary N) is 1. The monoisotopic (exact) mass is 338 g/mol. The molecule has 0 aliphatic carbocycles. The third-order valence-corrected chi connectivity index (χ3v) is 4.44. The zero-order valence-electron chi connectivity index (χ0n) is 14.5. The second-order valence-corrected chi connectivity index (χ2v) is 8.03. The number of guanidine groups is 1. The first kappa shape index (κ1) is 17.7. The molecule has 0 spiro atoms. The lowest BCUT2D eigenvalue weighted by molar-refractivity contribution is -0.159. The first-order valence-electron chi connectivity index (χ1n) is 7.88. The van der Waals surface area contributed by atoms with Crippen LogP contribution in [-0.2, 0) is 16.1 Å². The van der Waals surface area contributed by atoms with Crippen LogP contribution in [0.25, 0.3) is 0 Å². The van der Waals surface area contributed by atoms with E-state index in [1.54, 1.807) is 18.4 Å². The largest absolute Gasteiger partial charge is 0.460 e. The Morgan fingerprint density at radius 2 is 2.30 bits per heavy atom. The highest BCUT2D eigenvalue weighted by atomic mass is 32.1. The molecule has 6 nitrogen and oxygen atoms in total. The van der Waals surface area contributed by atoms with Crippen molar-refractivity contribution in [1.82, 2.24) is 15.2 Å². The molecule has 2 rings (SSSR count). The maximum Gasteiger partial charge on any atom is 0.311 e. The van der Waals surface area contributed by atoms with Gasteiger partial charge in [0.2, 0.25) is 0 Å². The molecule has 1 atom stereocenters. The van der Waals surface area contributed by atoms with E-state index in [1.807, 2.05) is 33.9 Å². The number of nitrogens with zero attached hydrogens (tertiary/aromatic N) is 3. The number of ether oxygens (including phenoxy) is 1. The molecule has 0 saturated carbocycles. The van der Waals surface area contributed by atoms with E-state index in [0.29, 0.717) is 13.1 Å². The summed E-state index contributed by atoms with van der Waals surface area (Å²) in [4.78, 5) is 24.0. The number of aryl methyl sites for hydroxylation is 1. The maximum atomic E-state index is 12.2. The van der Waals surface area contributed by atoms with Gasteiger partial charge in [-0.25, -0.2) is 4.98 Å². The quantitative estimate of drug-likeness (QED) is 0.520. The lowest BCUT2D eigenvalue weighted by atomic mass is 10.1. The predicted molar refractivity (Wildman–Crippen MR) is 92.6 cm³/mol. The second kappa shape index (κ2) is 7.29. The van der Waals surface area contributed by atoms with Crippen LogP contribution in [0.5, 0.6) is 0 Å². The number of aromatic nitrogens is 1. The molecule has 1 saturated heterocycles. The van der Waals surface area contributed by atoms with Gasteiger partial charge in [0.05, 0.1) is 17.5 Å². The predicted octanol–water partition coefficient (Wildman–Crippen LogP) is 2.19. The van der Waals surface area contributed by atoms with Gasteiger partial charge in [0, 0.05) is 31.2 Å². The highest BCUT2D eigenvalue weighted by molar-refractivity contribution is 7.11. The zero-order valence-corrected chi connectivity index (χ0v) is 15.4. The van der Waals surface area contributed by atoms with Crippen LogP contribution in [-0.4, -0.2) is 47.6 Å². The third-order valence-electron chi connectivity index (χ3n) is 3.53. The lowest BCUT2D eigenvalue weighted by Gasteiger charge is -2.23. The van der Waals surface area contributed by atoms with Crippen molar-refractivity contribution in [1.29, 1.82) is 0 Å². The Morgan fingerprint density at radius 1 is 1.57 bits per heavy atom. The van der Waals surface area contributed by atoms with Crippen LogP contribution in [0.4, 0.5) is 0 Å². The SMILES string of the molecule is CN=C(NCc1cnc(C)s1)N1CCC(C(=O)OC(C)(C)C)C1. The van der Waals surface area contributed by atoms with Crippen molar-refractivity contribution in [3.63, 3.8) is 0 Å². The molecule has 1 aliphatic heterocycles. The molecule has 0 aromatic carbocycles. The molecular weight excluding hydrogens is 312 g/mol. The Labute approximate surface area is 142 Å². The molecule has 0 bridgehead atoms. The van der Waals surface area contributed by atoms with E-state index in [1.165, 1.54) is 4.88 Å². The van der Waals surface area contributed by atoms with Gasteiger partial charge in [0.25, 0.3) is 0 Å². The van der Waals surface area contributed by atoms with Crippen LogP contribution < -0.4 is 5.32 Å². The minimum atomic E-state index is -0.436. The normalized spacial score (nSPS) is 19.1. The summed E-state index contributed by atoms with van der Waals surface area (Å²) in [6, 6.07) is 0. The van der Waals surface area contributed by atoms with Gasteiger partial charge in [0.1, 0.15) is 5.60 Å². The number of likely N-dealkylation sites (tertiary alicyclic amines) is 1. The molecule has 1 aromatic heterocycles. The molecule has 0 radical (unpaired) electrons. The van der Waals surface area contributed by atoms with Gasteiger partial charge < -0.3 is 15.0 Å². The zero-order chi connectivity index (χ0) is 17.0. The molecule has 128 valence electrons. The number of hydrogen-bond donors (Lipinski definition) is 1. The van der Waals surface area contributed by atoms with E-state index in [-0.39, 0.29) is 11.9 Å². The molecular formula is C16H26N4O2S. The number of thiazole rings is 1. The Bertz CT molecular complexity index is 577. The Balaban J connectivity index is 1.87. The van der Waals surface area contributed by atoms with Gasteiger partial charge in [-0.3, -0.25) is 9.79 Å². The second-order valence-electron chi connectivity index (χ2n) is 6.71. The van der Waals surface area contributed by atoms with Gasteiger partial charge >= 0.3 is 5.97 Å². The van der Waals surface area contributed by atoms with Crippen molar-refractivity contribution in [2.24, 2.45) is 10.9 Å². The van der Waals surface area contributed by atoms with E-state index in [9.17, 15) is 4.79 Å². The van der Waals surface area contributed by atoms with Crippen molar-refractivity contribution in [2.75, 3.05) is 20.1 Å². The Hall–Kier alpha value is -1.63. The summed E-state index contributed by atoms with van der Waals surface area (Å²) in [6.45, 7) is 9.85. The summed E-state index contributed by atoms with van der Waals surface area (Å²) in [5.41, 5.74) is -0.436. The molecule has 7 heteroatoms. The standard InChI is InChI=1S/C16H26N4O2S/c1-11-18-8-13(23-11)9-19-15(17-5)20-7-6-12(10-20)14(21)22-16(2,3)4/h8,12H,6-7,9-10H2,1-5H3,(H,17,19). The molecule has 1 fully saturated rings. The van der Waals surface area contributed by atoms with Gasteiger partial charge in [-0.2, -0.15) is 0 Å². The van der Waals surface area contributed by atoms with Crippen molar-refractivity contribution < 1.29 is 9.53 Å². The van der Waals surface area contributed by atoms with Gasteiger partial charge in [-0.05, 0) is 34.1 Å². The summed E-state index contributed by atoms with van der Waals surface area (Å²) < 4.78 is 5.48. The molecule has 0 amide bonds. The third kappa shape index (κ3) is 5.20. The first-order chi connectivity index (χ1) is 10.8. The number of carbonyl (C=O) groups is 1. The van der Waals surface area contributed by atoms with Crippen LogP contribution >= 0.6 is 11.3 Å². The first-order valence-corrected chi connectivity index (χ1v) is 8.70. The van der Waals surface area contributed by atoms with Crippen molar-refractivity contribution >= 4 is 23.3 Å². The summed E-state index contributed by atoms with van der Waals surface area (Å²) >= 11 is 1.67. The number of carbonyl (C=O) groups excluding carboxylic acids is 1. The highest BCUT2D eigenvalue weighted by Gasteiger charge is 2.33. The molecule has 1 unspecified atom stereocenters. The minimum Gasteiger partial charge on any atom is -0.460 e. The Morgan fingerprint density at radius 3 is 2.87 bits per heavy atom. The van der Waals surface area contributed by atoms with E-state index in [2.05, 4.69) is 20.2 Å². The van der Waals surface area contributed by atoms with E-state index in [4.69, 9.17) is 4.74 Å². The van der Waals surface area contributed by atoms with Gasteiger partial charge in [-0.1, -0.05) is 0 Å². The average Bonchev–Trinajstić information content (AvgIpc) is 3.07. The number of hydrogen-bond acceptors (Lipinski definition) is 5. The van der Waals surface area contributed by atoms with Crippen molar-refractivity contribution in [3.05, 3.63) is 16.1 Å². The highest BCUT2D eigenvalue weighted by Crippen LogP contribution is 2.21. The van der Waals surface area contributed by atoms with Crippen molar-refractivity contribution in [2.45, 2.75) is 46.3 Å². The number of rotatable bonds is 3. The van der Waals surface area contributed by atoms with Crippen molar-refractivity contribution in [3.8, 4) is 0 Å². The smallest absolute Gasteiger partial charge is 0.311 e. The fourth-order valence-corrected chi connectivity index (χ4v) is 3.25. The van der Waals surface area contributed by atoms with Crippen LogP contribution in [0.15, 0.2) is 11.2 Å². The summed E-state index contributed by atoms with van der Waals surface area (Å²) in [6.07, 6.45) is 2.68. The molecule has 1 aliphatic rings. The molecule has 23 heavy (non-hydrogen) atoms. The topological polar surface area (TPSA) is 66.8 Å². The lowest BCUT2D eigenvalue weighted by Crippen LogP contribution is -2.40. The number of esters is 1. The molecule has 1 aromatic rings. The van der Waals surface area contributed by atoms with E-state index in [0.717, 1.165) is 23.9 Å². The fourth-order valence-electron chi connectivity index (χ4n) is 2.52. The van der Waals surface area contributed by atoms with Gasteiger partial charge in [-0.15, -0.1) is 11.3 Å². The van der Waals surface area contributed by atoms with Crippen LogP contribution in [0.3, 0.4) is 0 Å².